The quantitative estimate of drug-likeness (QED) is 0.140. The van der Waals surface area contributed by atoms with Gasteiger partial charge in [0.2, 0.25) is 0 Å². The van der Waals surface area contributed by atoms with Gasteiger partial charge in [0.15, 0.2) is 0 Å². The smallest absolute Gasteiger partial charge is 0.0786 e. The van der Waals surface area contributed by atoms with Gasteiger partial charge in [0, 0.05) is 5.97 Å². The topological polar surface area (TPSA) is 40.1 Å². The van der Waals surface area contributed by atoms with Gasteiger partial charge in [-0.05, 0) is 46.5 Å². The lowest BCUT2D eigenvalue weighted by atomic mass is 10.0. The largest absolute Gasteiger partial charge is 0.550 e. The third-order valence-corrected chi connectivity index (χ3v) is 7.03. The van der Waals surface area contributed by atoms with Crippen LogP contribution in [-0.4, -0.2) is 36.6 Å². The molecule has 0 aromatic heterocycles. The summed E-state index contributed by atoms with van der Waals surface area (Å²) < 4.78 is 1.31. The number of aliphatic carboxylic acids is 1. The van der Waals surface area contributed by atoms with Crippen molar-refractivity contribution in [3.8, 4) is 0 Å². The van der Waals surface area contributed by atoms with Crippen LogP contribution in [0.4, 0.5) is 0 Å². The first-order valence-electron chi connectivity index (χ1n) is 13.1. The highest BCUT2D eigenvalue weighted by molar-refractivity contribution is 5.63. The van der Waals surface area contributed by atoms with Crippen LogP contribution in [0.15, 0.2) is 0 Å². The van der Waals surface area contributed by atoms with Crippen LogP contribution in [0.2, 0.25) is 0 Å². The van der Waals surface area contributed by atoms with E-state index in [1.807, 2.05) is 0 Å². The van der Waals surface area contributed by atoms with Crippen molar-refractivity contribution in [3.63, 3.8) is 0 Å². The predicted molar refractivity (Wildman–Crippen MR) is 125 cm³/mol. The maximum absolute atomic E-state index is 10.3. The molecule has 0 saturated carbocycles. The van der Waals surface area contributed by atoms with Gasteiger partial charge in [0.25, 0.3) is 0 Å². The second-order valence-electron chi connectivity index (χ2n) is 9.15. The first-order chi connectivity index (χ1) is 14.1. The highest BCUT2D eigenvalue weighted by Crippen LogP contribution is 2.15. The van der Waals surface area contributed by atoms with E-state index in [4.69, 9.17) is 0 Å². The third-order valence-electron chi connectivity index (χ3n) is 7.03. The van der Waals surface area contributed by atoms with E-state index in [0.717, 1.165) is 12.8 Å². The van der Waals surface area contributed by atoms with Gasteiger partial charge in [-0.2, -0.15) is 0 Å². The number of hydrogen-bond acceptors (Lipinski definition) is 2. The summed E-state index contributed by atoms with van der Waals surface area (Å²) in [6.07, 6.45) is 22.8. The van der Waals surface area contributed by atoms with E-state index in [-0.39, 0.29) is 6.42 Å². The number of nitrogens with zero attached hydrogens (tertiary/aromatic N) is 1. The summed E-state index contributed by atoms with van der Waals surface area (Å²) in [6, 6.07) is 0. The maximum Gasteiger partial charge on any atom is 0.0786 e. The summed E-state index contributed by atoms with van der Waals surface area (Å²) in [4.78, 5) is 10.3. The Morgan fingerprint density at radius 1 is 0.517 bits per heavy atom. The fourth-order valence-corrected chi connectivity index (χ4v) is 4.51. The maximum atomic E-state index is 10.3. The van der Waals surface area contributed by atoms with Crippen LogP contribution >= 0.6 is 0 Å². The van der Waals surface area contributed by atoms with Gasteiger partial charge >= 0.3 is 0 Å². The molecule has 3 nitrogen and oxygen atoms in total. The highest BCUT2D eigenvalue weighted by Gasteiger charge is 2.19. The molecule has 0 heterocycles. The molecule has 0 N–H and O–H groups in total. The molecule has 0 rings (SSSR count). The predicted octanol–water partition coefficient (Wildman–Crippen LogP) is 6.63. The standard InChI is InChI=1S/C26H53NO2/c1-4-27(5-2,6-3)25-23-21-19-17-15-13-11-9-7-8-10-12-14-16-18-20-22-24-26(28)29/h4-25H2,1-3H3. The molecule has 0 fully saturated rings. The Bertz CT molecular complexity index is 344. The van der Waals surface area contributed by atoms with E-state index in [2.05, 4.69) is 20.8 Å². The number of hydrogen-bond donors (Lipinski definition) is 0. The average molecular weight is 412 g/mol. The van der Waals surface area contributed by atoms with Crippen LogP contribution in [0.25, 0.3) is 0 Å². The molecule has 174 valence electrons. The van der Waals surface area contributed by atoms with Crippen molar-refractivity contribution in [2.45, 2.75) is 136 Å². The Morgan fingerprint density at radius 3 is 1.07 bits per heavy atom. The lowest BCUT2D eigenvalue weighted by Gasteiger charge is -2.35. The van der Waals surface area contributed by atoms with Gasteiger partial charge in [0.1, 0.15) is 0 Å². The molecule has 0 saturated heterocycles. The van der Waals surface area contributed by atoms with Gasteiger partial charge in [-0.15, -0.1) is 0 Å². The van der Waals surface area contributed by atoms with Crippen molar-refractivity contribution in [1.29, 1.82) is 0 Å². The molecule has 0 aromatic carbocycles. The summed E-state index contributed by atoms with van der Waals surface area (Å²) >= 11 is 0. The first kappa shape index (κ1) is 28.4. The van der Waals surface area contributed by atoms with Crippen LogP contribution in [-0.2, 0) is 4.79 Å². The molecule has 0 spiro atoms. The van der Waals surface area contributed by atoms with Crippen molar-refractivity contribution in [2.24, 2.45) is 0 Å². The first-order valence-corrected chi connectivity index (χ1v) is 13.1. The van der Waals surface area contributed by atoms with Gasteiger partial charge in [-0.1, -0.05) is 89.9 Å². The number of quaternary nitrogens is 1. The molecular weight excluding hydrogens is 358 g/mol. The minimum Gasteiger partial charge on any atom is -0.550 e. The van der Waals surface area contributed by atoms with Gasteiger partial charge < -0.3 is 14.4 Å². The number of rotatable bonds is 23. The molecule has 0 aliphatic heterocycles. The second kappa shape index (κ2) is 20.7. The zero-order valence-electron chi connectivity index (χ0n) is 20.3. The molecule has 0 amide bonds. The van der Waals surface area contributed by atoms with Crippen molar-refractivity contribution < 1.29 is 14.4 Å². The highest BCUT2D eigenvalue weighted by atomic mass is 16.4. The monoisotopic (exact) mass is 411 g/mol. The van der Waals surface area contributed by atoms with E-state index in [0.29, 0.717) is 0 Å². The number of carboxylic acid groups (broad SMARTS) is 1. The molecule has 0 bridgehead atoms. The minimum atomic E-state index is -0.901. The molecule has 0 aliphatic carbocycles. The lowest BCUT2D eigenvalue weighted by Crippen LogP contribution is -2.48. The van der Waals surface area contributed by atoms with Crippen LogP contribution in [0.3, 0.4) is 0 Å². The van der Waals surface area contributed by atoms with E-state index >= 15 is 0 Å². The zero-order chi connectivity index (χ0) is 21.6. The van der Waals surface area contributed by atoms with E-state index < -0.39 is 5.97 Å². The number of unbranched alkanes of at least 4 members (excludes halogenated alkanes) is 16. The summed E-state index contributed by atoms with van der Waals surface area (Å²) in [6.45, 7) is 12.3. The molecule has 0 unspecified atom stereocenters. The van der Waals surface area contributed by atoms with E-state index in [1.165, 1.54) is 127 Å². The number of carbonyl (C=O) groups excluding carboxylic acids is 1. The molecule has 0 radical (unpaired) electrons. The third kappa shape index (κ3) is 18.0. The summed E-state index contributed by atoms with van der Waals surface area (Å²) in [5.41, 5.74) is 0. The van der Waals surface area contributed by atoms with Crippen LogP contribution in [0.1, 0.15) is 136 Å². The van der Waals surface area contributed by atoms with E-state index in [1.54, 1.807) is 0 Å². The van der Waals surface area contributed by atoms with E-state index in [9.17, 15) is 9.90 Å². The van der Waals surface area contributed by atoms with Gasteiger partial charge in [0.05, 0.1) is 26.2 Å². The average Bonchev–Trinajstić information content (AvgIpc) is 2.73. The Hall–Kier alpha value is -0.570. The second-order valence-corrected chi connectivity index (χ2v) is 9.15. The van der Waals surface area contributed by atoms with Crippen molar-refractivity contribution >= 4 is 5.97 Å². The SMILES string of the molecule is CC[N+](CC)(CC)CCCCCCCCCCCCCCCCCCCC(=O)[O-]. The Balaban J connectivity index is 3.20. The van der Waals surface area contributed by atoms with Crippen LogP contribution in [0, 0.1) is 0 Å². The molecule has 0 aromatic rings. The molecular formula is C26H53NO2. The Labute approximate surface area is 183 Å². The molecule has 3 heteroatoms. The van der Waals surface area contributed by atoms with Crippen LogP contribution < -0.4 is 5.11 Å². The Kier molecular flexibility index (Phi) is 20.3. The molecule has 0 atom stereocenters. The molecule has 0 aliphatic rings. The van der Waals surface area contributed by atoms with Crippen molar-refractivity contribution in [1.82, 2.24) is 0 Å². The zero-order valence-corrected chi connectivity index (χ0v) is 20.3. The van der Waals surface area contributed by atoms with Gasteiger partial charge in [-0.3, -0.25) is 0 Å². The lowest BCUT2D eigenvalue weighted by molar-refractivity contribution is -0.923. The number of carboxylic acids is 1. The van der Waals surface area contributed by atoms with Gasteiger partial charge in [-0.25, -0.2) is 0 Å². The van der Waals surface area contributed by atoms with Crippen LogP contribution in [0.5, 0.6) is 0 Å². The summed E-state index contributed by atoms with van der Waals surface area (Å²) in [7, 11) is 0. The van der Waals surface area contributed by atoms with Crippen molar-refractivity contribution in [2.75, 3.05) is 26.2 Å². The minimum absolute atomic E-state index is 0.233. The fraction of sp³-hybridized carbons (Fsp3) is 0.962. The normalized spacial score (nSPS) is 11.8. The summed E-state index contributed by atoms with van der Waals surface area (Å²) in [5.74, 6) is -0.901. The Morgan fingerprint density at radius 2 is 0.793 bits per heavy atom. The summed E-state index contributed by atoms with van der Waals surface area (Å²) in [5, 5.41) is 10.3. The fourth-order valence-electron chi connectivity index (χ4n) is 4.51. The van der Waals surface area contributed by atoms with Crippen molar-refractivity contribution in [3.05, 3.63) is 0 Å². The molecule has 29 heavy (non-hydrogen) atoms. The number of carbonyl (C=O) groups is 1.